The van der Waals surface area contributed by atoms with Crippen LogP contribution >= 0.6 is 0 Å². The zero-order valence-corrected chi connectivity index (χ0v) is 9.05. The van der Waals surface area contributed by atoms with Crippen LogP contribution in [0.25, 0.3) is 0 Å². The smallest absolute Gasteiger partial charge is 0.203 e. The molecule has 4 heteroatoms. The highest BCUT2D eigenvalue weighted by Crippen LogP contribution is 2.51. The van der Waals surface area contributed by atoms with Crippen LogP contribution in [0.2, 0.25) is 0 Å². The van der Waals surface area contributed by atoms with E-state index in [-0.39, 0.29) is 12.4 Å². The van der Waals surface area contributed by atoms with Crippen molar-refractivity contribution in [3.05, 3.63) is 0 Å². The number of ether oxygens (including phenoxy) is 3. The lowest BCUT2D eigenvalue weighted by atomic mass is 9.86. The summed E-state index contributed by atoms with van der Waals surface area (Å²) in [6, 6.07) is 0. The Bertz CT molecular complexity index is 280. The first-order valence-electron chi connectivity index (χ1n) is 4.76. The molecule has 2 aliphatic rings. The van der Waals surface area contributed by atoms with Gasteiger partial charge in [-0.25, -0.2) is 0 Å². The van der Waals surface area contributed by atoms with Crippen molar-refractivity contribution in [1.82, 2.24) is 0 Å². The van der Waals surface area contributed by atoms with Crippen LogP contribution in [0.5, 0.6) is 0 Å². The molecule has 2 heterocycles. The molecule has 4 nitrogen and oxygen atoms in total. The molecule has 14 heavy (non-hydrogen) atoms. The summed E-state index contributed by atoms with van der Waals surface area (Å²) in [5, 5.41) is 0. The zero-order chi connectivity index (χ0) is 10.6. The second kappa shape index (κ2) is 2.56. The Kier molecular flexibility index (Phi) is 1.85. The van der Waals surface area contributed by atoms with Gasteiger partial charge in [0.2, 0.25) is 5.78 Å². The Morgan fingerprint density at radius 1 is 1.43 bits per heavy atom. The van der Waals surface area contributed by atoms with Gasteiger partial charge < -0.3 is 14.2 Å². The summed E-state index contributed by atoms with van der Waals surface area (Å²) in [6.45, 7) is 6.28. The number of rotatable bonds is 2. The van der Waals surface area contributed by atoms with Gasteiger partial charge in [0, 0.05) is 7.11 Å². The second-order valence-electron chi connectivity index (χ2n) is 4.72. The monoisotopic (exact) mass is 200 g/mol. The predicted octanol–water partition coefficient (Wildman–Crippen LogP) is 0.538. The highest BCUT2D eigenvalue weighted by atomic mass is 16.7. The fraction of sp³-hybridized carbons (Fsp3) is 0.900. The van der Waals surface area contributed by atoms with E-state index in [1.807, 2.05) is 13.8 Å². The molecule has 0 aromatic rings. The Morgan fingerprint density at radius 3 is 2.36 bits per heavy atom. The van der Waals surface area contributed by atoms with Crippen molar-refractivity contribution < 1.29 is 19.0 Å². The highest BCUT2D eigenvalue weighted by molar-refractivity contribution is 6.00. The number of carbonyl (C=O) groups is 1. The Balaban J connectivity index is 2.31. The van der Waals surface area contributed by atoms with Crippen LogP contribution in [0.1, 0.15) is 20.8 Å². The normalized spacial score (nSPS) is 44.7. The van der Waals surface area contributed by atoms with E-state index in [1.165, 1.54) is 0 Å². The third kappa shape index (κ3) is 1.02. The van der Waals surface area contributed by atoms with Crippen molar-refractivity contribution in [2.75, 3.05) is 20.3 Å². The molecule has 0 radical (unpaired) electrons. The predicted molar refractivity (Wildman–Crippen MR) is 49.1 cm³/mol. The maximum absolute atomic E-state index is 12.1. The van der Waals surface area contributed by atoms with Crippen molar-refractivity contribution in [1.29, 1.82) is 0 Å². The highest BCUT2D eigenvalue weighted by Gasteiger charge is 2.74. The van der Waals surface area contributed by atoms with Gasteiger partial charge in [0.05, 0.1) is 13.2 Å². The lowest BCUT2D eigenvalue weighted by molar-refractivity contribution is -0.143. The van der Waals surface area contributed by atoms with Crippen LogP contribution < -0.4 is 0 Å². The van der Waals surface area contributed by atoms with Crippen LogP contribution in [0.15, 0.2) is 0 Å². The summed E-state index contributed by atoms with van der Waals surface area (Å²) in [5.74, 6) is 0.0110. The number of epoxide rings is 1. The zero-order valence-electron chi connectivity index (χ0n) is 9.05. The van der Waals surface area contributed by atoms with E-state index in [0.717, 1.165) is 0 Å². The van der Waals surface area contributed by atoms with E-state index >= 15 is 0 Å². The van der Waals surface area contributed by atoms with E-state index in [9.17, 15) is 4.79 Å². The van der Waals surface area contributed by atoms with E-state index in [2.05, 4.69) is 0 Å². The number of ketones is 1. The molecule has 2 aliphatic heterocycles. The molecule has 1 spiro atoms. The maximum atomic E-state index is 12.1. The van der Waals surface area contributed by atoms with E-state index in [1.54, 1.807) is 14.0 Å². The van der Waals surface area contributed by atoms with Crippen molar-refractivity contribution >= 4 is 5.78 Å². The van der Waals surface area contributed by atoms with Crippen LogP contribution in [0, 0.1) is 0 Å². The van der Waals surface area contributed by atoms with Gasteiger partial charge in [0.25, 0.3) is 0 Å². The van der Waals surface area contributed by atoms with Gasteiger partial charge in [-0.3, -0.25) is 4.79 Å². The van der Waals surface area contributed by atoms with E-state index in [4.69, 9.17) is 14.2 Å². The van der Waals surface area contributed by atoms with Crippen LogP contribution in [-0.4, -0.2) is 42.9 Å². The van der Waals surface area contributed by atoms with Crippen LogP contribution in [0.3, 0.4) is 0 Å². The van der Waals surface area contributed by atoms with E-state index < -0.39 is 16.8 Å². The summed E-state index contributed by atoms with van der Waals surface area (Å²) in [6.07, 6.45) is 0. The minimum Gasteiger partial charge on any atom is -0.381 e. The molecular formula is C10H16O4. The molecule has 2 unspecified atom stereocenters. The summed E-state index contributed by atoms with van der Waals surface area (Å²) in [4.78, 5) is 12.1. The fourth-order valence-corrected chi connectivity index (χ4v) is 2.31. The van der Waals surface area contributed by atoms with Gasteiger partial charge in [0.1, 0.15) is 5.60 Å². The Morgan fingerprint density at radius 2 is 2.00 bits per heavy atom. The summed E-state index contributed by atoms with van der Waals surface area (Å²) in [5.41, 5.74) is -2.10. The van der Waals surface area contributed by atoms with E-state index in [0.29, 0.717) is 6.61 Å². The van der Waals surface area contributed by atoms with Gasteiger partial charge >= 0.3 is 0 Å². The van der Waals surface area contributed by atoms with Gasteiger partial charge in [-0.2, -0.15) is 0 Å². The number of hydrogen-bond donors (Lipinski definition) is 0. The maximum Gasteiger partial charge on any atom is 0.203 e. The summed E-state index contributed by atoms with van der Waals surface area (Å²) < 4.78 is 16.1. The number of methoxy groups -OCH3 is 1. The van der Waals surface area contributed by atoms with Crippen LogP contribution in [0.4, 0.5) is 0 Å². The lowest BCUT2D eigenvalue weighted by Gasteiger charge is -2.25. The van der Waals surface area contributed by atoms with Gasteiger partial charge in [-0.15, -0.1) is 0 Å². The largest absolute Gasteiger partial charge is 0.381 e. The molecule has 2 fully saturated rings. The molecule has 0 aliphatic carbocycles. The summed E-state index contributed by atoms with van der Waals surface area (Å²) in [7, 11) is 1.56. The van der Waals surface area contributed by atoms with Crippen molar-refractivity contribution in [2.45, 2.75) is 37.6 Å². The first-order chi connectivity index (χ1) is 6.38. The quantitative estimate of drug-likeness (QED) is 0.610. The molecular weight excluding hydrogens is 184 g/mol. The van der Waals surface area contributed by atoms with Crippen LogP contribution in [-0.2, 0) is 19.0 Å². The molecule has 0 bridgehead atoms. The molecule has 2 atom stereocenters. The standard InChI is InChI=1S/C10H16O4/c1-8(2)10(6-13-10)7(11)9(3,14-8)5-12-4/h5-6H2,1-4H3. The molecule has 0 amide bonds. The minimum atomic E-state index is -0.852. The number of hydrogen-bond acceptors (Lipinski definition) is 4. The number of carbonyl (C=O) groups excluding carboxylic acids is 1. The Hall–Kier alpha value is -0.450. The Labute approximate surface area is 83.5 Å². The van der Waals surface area contributed by atoms with Crippen molar-refractivity contribution in [3.8, 4) is 0 Å². The third-order valence-electron chi connectivity index (χ3n) is 3.15. The molecule has 0 aromatic carbocycles. The second-order valence-corrected chi connectivity index (χ2v) is 4.72. The molecule has 0 aromatic heterocycles. The average Bonchev–Trinajstić information content (AvgIpc) is 2.79. The van der Waals surface area contributed by atoms with Gasteiger partial charge in [-0.1, -0.05) is 0 Å². The SMILES string of the molecule is COCC1(C)OC(C)(C)C2(CO2)C1=O. The molecule has 0 saturated carbocycles. The molecule has 80 valence electrons. The van der Waals surface area contributed by atoms with Crippen molar-refractivity contribution in [2.24, 2.45) is 0 Å². The minimum absolute atomic E-state index is 0.0110. The van der Waals surface area contributed by atoms with Crippen molar-refractivity contribution in [3.63, 3.8) is 0 Å². The molecule has 0 N–H and O–H groups in total. The van der Waals surface area contributed by atoms with Gasteiger partial charge in [-0.05, 0) is 20.8 Å². The third-order valence-corrected chi connectivity index (χ3v) is 3.15. The first-order valence-corrected chi connectivity index (χ1v) is 4.76. The summed E-state index contributed by atoms with van der Waals surface area (Å²) >= 11 is 0. The lowest BCUT2D eigenvalue weighted by Crippen LogP contribution is -2.42. The first kappa shape index (κ1) is 10.1. The fourth-order valence-electron chi connectivity index (χ4n) is 2.31. The average molecular weight is 200 g/mol. The van der Waals surface area contributed by atoms with Gasteiger partial charge in [0.15, 0.2) is 11.2 Å². The molecule has 2 rings (SSSR count). The molecule has 2 saturated heterocycles. The topological polar surface area (TPSA) is 48.1 Å². The number of Topliss-reactive ketones (excluding diaryl/α,β-unsaturated/α-hetero) is 1.